The molecule has 92 valence electrons. The van der Waals surface area contributed by atoms with Gasteiger partial charge in [-0.2, -0.15) is 0 Å². The molecule has 1 unspecified atom stereocenters. The van der Waals surface area contributed by atoms with E-state index in [1.807, 2.05) is 0 Å². The summed E-state index contributed by atoms with van der Waals surface area (Å²) < 4.78 is 0. The topological polar surface area (TPSA) is 66.4 Å². The summed E-state index contributed by atoms with van der Waals surface area (Å²) in [6.45, 7) is 3.88. The molecule has 4 nitrogen and oxygen atoms in total. The summed E-state index contributed by atoms with van der Waals surface area (Å²) in [5, 5.41) is 11.7. The normalized spacial score (nSPS) is 19.6. The lowest BCUT2D eigenvalue weighted by molar-refractivity contribution is -0.138. The zero-order chi connectivity index (χ0) is 12.2. The molecule has 0 spiro atoms. The van der Waals surface area contributed by atoms with E-state index in [4.69, 9.17) is 5.11 Å². The quantitative estimate of drug-likeness (QED) is 0.728. The van der Waals surface area contributed by atoms with Gasteiger partial charge in [-0.05, 0) is 31.6 Å². The van der Waals surface area contributed by atoms with Crippen LogP contribution >= 0.6 is 0 Å². The van der Waals surface area contributed by atoms with E-state index in [2.05, 4.69) is 12.2 Å². The Morgan fingerprint density at radius 2 is 2.00 bits per heavy atom. The number of rotatable bonds is 6. The third-order valence-electron chi connectivity index (χ3n) is 3.45. The molecule has 1 atom stereocenters. The van der Waals surface area contributed by atoms with Gasteiger partial charge in [-0.15, -0.1) is 0 Å². The molecule has 1 aliphatic carbocycles. The molecule has 0 aromatic carbocycles. The number of carbonyl (C=O) groups is 2. The lowest BCUT2D eigenvalue weighted by atomic mass is 9.74. The molecule has 1 amide bonds. The second kappa shape index (κ2) is 5.32. The molecule has 0 radical (unpaired) electrons. The van der Waals surface area contributed by atoms with Crippen LogP contribution in [-0.4, -0.2) is 22.5 Å². The highest BCUT2D eigenvalue weighted by molar-refractivity contribution is 5.78. The van der Waals surface area contributed by atoms with Gasteiger partial charge < -0.3 is 10.4 Å². The molecule has 1 rings (SSSR count). The first kappa shape index (κ1) is 13.0. The van der Waals surface area contributed by atoms with Gasteiger partial charge in [-0.1, -0.05) is 13.8 Å². The van der Waals surface area contributed by atoms with Gasteiger partial charge in [0, 0.05) is 18.4 Å². The zero-order valence-electron chi connectivity index (χ0n) is 10.1. The van der Waals surface area contributed by atoms with Gasteiger partial charge in [0.15, 0.2) is 0 Å². The van der Waals surface area contributed by atoms with Gasteiger partial charge in [0.25, 0.3) is 0 Å². The van der Waals surface area contributed by atoms with Crippen LogP contribution < -0.4 is 5.32 Å². The number of hydrogen-bond donors (Lipinski definition) is 2. The first-order chi connectivity index (χ1) is 7.47. The highest BCUT2D eigenvalue weighted by Crippen LogP contribution is 2.34. The number of carboxylic acid groups (broad SMARTS) is 1. The molecule has 1 fully saturated rings. The van der Waals surface area contributed by atoms with Crippen molar-refractivity contribution in [1.82, 2.24) is 5.32 Å². The van der Waals surface area contributed by atoms with Crippen molar-refractivity contribution in [3.8, 4) is 0 Å². The molecule has 0 bridgehead atoms. The average Bonchev–Trinajstić information content (AvgIpc) is 2.09. The number of nitrogens with one attached hydrogen (secondary N) is 1. The first-order valence-corrected chi connectivity index (χ1v) is 6.00. The van der Waals surface area contributed by atoms with Crippen molar-refractivity contribution in [3.63, 3.8) is 0 Å². The molecule has 4 heteroatoms. The number of aliphatic carboxylic acids is 1. The van der Waals surface area contributed by atoms with Crippen LogP contribution in [0.3, 0.4) is 0 Å². The van der Waals surface area contributed by atoms with Crippen molar-refractivity contribution in [1.29, 1.82) is 0 Å². The maximum absolute atomic E-state index is 11.7. The summed E-state index contributed by atoms with van der Waals surface area (Å²) in [6.07, 6.45) is 4.64. The third-order valence-corrected chi connectivity index (χ3v) is 3.45. The maximum atomic E-state index is 11.7. The maximum Gasteiger partial charge on any atom is 0.303 e. The van der Waals surface area contributed by atoms with Crippen molar-refractivity contribution in [2.45, 2.75) is 57.9 Å². The van der Waals surface area contributed by atoms with Crippen LogP contribution in [0.25, 0.3) is 0 Å². The summed E-state index contributed by atoms with van der Waals surface area (Å²) in [5.41, 5.74) is 0.0139. The number of carboxylic acids is 1. The predicted molar refractivity (Wildman–Crippen MR) is 61.0 cm³/mol. The van der Waals surface area contributed by atoms with Crippen molar-refractivity contribution in [2.75, 3.05) is 0 Å². The molecular weight excluding hydrogens is 206 g/mol. The van der Waals surface area contributed by atoms with Gasteiger partial charge in [0.1, 0.15) is 0 Å². The monoisotopic (exact) mass is 227 g/mol. The Morgan fingerprint density at radius 1 is 1.38 bits per heavy atom. The van der Waals surface area contributed by atoms with Crippen molar-refractivity contribution < 1.29 is 14.7 Å². The second-order valence-electron chi connectivity index (χ2n) is 4.94. The Hall–Kier alpha value is -1.06. The predicted octanol–water partition coefficient (Wildman–Crippen LogP) is 1.94. The highest BCUT2D eigenvalue weighted by atomic mass is 16.4. The van der Waals surface area contributed by atoms with E-state index in [9.17, 15) is 9.59 Å². The summed E-state index contributed by atoms with van der Waals surface area (Å²) in [4.78, 5) is 22.2. The Morgan fingerprint density at radius 3 is 2.38 bits per heavy atom. The van der Waals surface area contributed by atoms with E-state index in [0.29, 0.717) is 6.42 Å². The van der Waals surface area contributed by atoms with Gasteiger partial charge in [0.2, 0.25) is 5.91 Å². The molecule has 1 saturated carbocycles. The second-order valence-corrected chi connectivity index (χ2v) is 4.94. The van der Waals surface area contributed by atoms with Gasteiger partial charge in [0.05, 0.1) is 0 Å². The van der Waals surface area contributed by atoms with Gasteiger partial charge in [-0.3, -0.25) is 9.59 Å². The third kappa shape index (κ3) is 3.51. The average molecular weight is 227 g/mol. The van der Waals surface area contributed by atoms with E-state index >= 15 is 0 Å². The first-order valence-electron chi connectivity index (χ1n) is 6.00. The lowest BCUT2D eigenvalue weighted by Gasteiger charge is -2.42. The van der Waals surface area contributed by atoms with Crippen molar-refractivity contribution in [3.05, 3.63) is 0 Å². The Bertz CT molecular complexity index is 266. The molecular formula is C12H21NO3. The zero-order valence-corrected chi connectivity index (χ0v) is 10.1. The smallest absolute Gasteiger partial charge is 0.303 e. The number of hydrogen-bond acceptors (Lipinski definition) is 2. The number of carbonyl (C=O) groups excluding carboxylic acids is 1. The lowest BCUT2D eigenvalue weighted by Crippen LogP contribution is -2.53. The van der Waals surface area contributed by atoms with Crippen LogP contribution in [0, 0.1) is 5.92 Å². The van der Waals surface area contributed by atoms with Crippen LogP contribution in [0.2, 0.25) is 0 Å². The summed E-state index contributed by atoms with van der Waals surface area (Å²) in [7, 11) is 0. The van der Waals surface area contributed by atoms with Crippen LogP contribution in [0.15, 0.2) is 0 Å². The van der Waals surface area contributed by atoms with E-state index in [0.717, 1.165) is 19.3 Å². The minimum atomic E-state index is -0.839. The minimum Gasteiger partial charge on any atom is -0.481 e. The van der Waals surface area contributed by atoms with Crippen LogP contribution in [0.4, 0.5) is 0 Å². The van der Waals surface area contributed by atoms with E-state index in [1.54, 1.807) is 6.92 Å². The SMILES string of the molecule is CCC1(NC(=O)CC(C)CC(=O)O)CCC1. The molecule has 0 saturated heterocycles. The van der Waals surface area contributed by atoms with E-state index < -0.39 is 5.97 Å². The summed E-state index contributed by atoms with van der Waals surface area (Å²) >= 11 is 0. The number of amides is 1. The van der Waals surface area contributed by atoms with Crippen LogP contribution in [0.1, 0.15) is 52.4 Å². The summed E-state index contributed by atoms with van der Waals surface area (Å²) in [6, 6.07) is 0. The molecule has 0 aliphatic heterocycles. The largest absolute Gasteiger partial charge is 0.481 e. The van der Waals surface area contributed by atoms with Crippen LogP contribution in [0.5, 0.6) is 0 Å². The highest BCUT2D eigenvalue weighted by Gasteiger charge is 2.36. The van der Waals surface area contributed by atoms with E-state index in [-0.39, 0.29) is 23.8 Å². The Kier molecular flexibility index (Phi) is 4.33. The fourth-order valence-corrected chi connectivity index (χ4v) is 2.20. The standard InChI is InChI=1S/C12H21NO3/c1-3-12(5-4-6-12)13-10(14)7-9(2)8-11(15)16/h9H,3-8H2,1-2H3,(H,13,14)(H,15,16). The Balaban J connectivity index is 2.32. The van der Waals surface area contributed by atoms with Gasteiger partial charge >= 0.3 is 5.97 Å². The fraction of sp³-hybridized carbons (Fsp3) is 0.833. The molecule has 0 heterocycles. The molecule has 16 heavy (non-hydrogen) atoms. The van der Waals surface area contributed by atoms with Crippen molar-refractivity contribution in [2.24, 2.45) is 5.92 Å². The van der Waals surface area contributed by atoms with Crippen molar-refractivity contribution >= 4 is 11.9 Å². The van der Waals surface area contributed by atoms with Crippen LogP contribution in [-0.2, 0) is 9.59 Å². The molecule has 1 aliphatic rings. The summed E-state index contributed by atoms with van der Waals surface area (Å²) in [5.74, 6) is -0.934. The molecule has 0 aromatic heterocycles. The Labute approximate surface area is 96.4 Å². The minimum absolute atomic E-state index is 0.00435. The molecule has 2 N–H and O–H groups in total. The van der Waals surface area contributed by atoms with E-state index in [1.165, 1.54) is 6.42 Å². The fourth-order valence-electron chi connectivity index (χ4n) is 2.20. The molecule has 0 aromatic rings. The van der Waals surface area contributed by atoms with Gasteiger partial charge in [-0.25, -0.2) is 0 Å².